The molecule has 1 atom stereocenters. The summed E-state index contributed by atoms with van der Waals surface area (Å²) in [6.45, 7) is 0.441. The van der Waals surface area contributed by atoms with Crippen molar-refractivity contribution in [2.45, 2.75) is 6.04 Å². The number of methoxy groups -OCH3 is 1. The predicted molar refractivity (Wildman–Crippen MR) is 28.7 cm³/mol. The van der Waals surface area contributed by atoms with Crippen LogP contribution in [0.15, 0.2) is 0 Å². The monoisotopic (exact) mass is 99.1 g/mol. The van der Waals surface area contributed by atoms with Gasteiger partial charge in [-0.2, -0.15) is 0 Å². The molecule has 0 heterocycles. The molecule has 2 heteroatoms. The highest BCUT2D eigenvalue weighted by atomic mass is 16.5. The molecule has 0 saturated heterocycles. The summed E-state index contributed by atoms with van der Waals surface area (Å²) in [5, 5.41) is 0. The molecular weight excluding hydrogens is 90.1 g/mol. The van der Waals surface area contributed by atoms with Crippen molar-refractivity contribution in [2.24, 2.45) is 5.73 Å². The molecule has 0 aliphatic heterocycles. The smallest absolute Gasteiger partial charge is 0.0898 e. The summed E-state index contributed by atoms with van der Waals surface area (Å²) in [6, 6.07) is -0.245. The molecular formula is C5H9NO. The van der Waals surface area contributed by atoms with Crippen LogP contribution in [0.25, 0.3) is 0 Å². The first-order valence-electron chi connectivity index (χ1n) is 2.02. The van der Waals surface area contributed by atoms with E-state index in [9.17, 15) is 0 Å². The fourth-order valence-electron chi connectivity index (χ4n) is 0.228. The first-order chi connectivity index (χ1) is 3.31. The van der Waals surface area contributed by atoms with Crippen molar-refractivity contribution in [3.63, 3.8) is 0 Å². The molecule has 0 aromatic carbocycles. The Hall–Kier alpha value is -0.520. The van der Waals surface area contributed by atoms with E-state index in [1.165, 1.54) is 0 Å². The van der Waals surface area contributed by atoms with Crippen molar-refractivity contribution in [2.75, 3.05) is 13.7 Å². The average Bonchev–Trinajstić information content (AvgIpc) is 1.68. The highest BCUT2D eigenvalue weighted by Gasteiger charge is 1.90. The highest BCUT2D eigenvalue weighted by Crippen LogP contribution is 1.72. The molecule has 0 fully saturated rings. The molecule has 0 aliphatic rings. The molecule has 0 amide bonds. The van der Waals surface area contributed by atoms with Crippen molar-refractivity contribution in [3.05, 3.63) is 0 Å². The van der Waals surface area contributed by atoms with Gasteiger partial charge in [0.15, 0.2) is 0 Å². The summed E-state index contributed by atoms with van der Waals surface area (Å²) in [5.74, 6) is 2.32. The Balaban J connectivity index is 3.04. The molecule has 0 aromatic heterocycles. The minimum Gasteiger partial charge on any atom is -0.382 e. The fraction of sp³-hybridized carbons (Fsp3) is 0.600. The quantitative estimate of drug-likeness (QED) is 0.478. The van der Waals surface area contributed by atoms with Crippen LogP contribution < -0.4 is 5.73 Å². The molecule has 2 nitrogen and oxygen atoms in total. The van der Waals surface area contributed by atoms with E-state index in [1.807, 2.05) is 0 Å². The van der Waals surface area contributed by atoms with E-state index in [0.29, 0.717) is 6.61 Å². The zero-order chi connectivity index (χ0) is 5.70. The summed E-state index contributed by atoms with van der Waals surface area (Å²) in [6.07, 6.45) is 4.90. The van der Waals surface area contributed by atoms with Crippen LogP contribution in [0, 0.1) is 12.3 Å². The fourth-order valence-corrected chi connectivity index (χ4v) is 0.228. The third-order valence-electron chi connectivity index (χ3n) is 0.560. The molecule has 0 saturated carbocycles. The van der Waals surface area contributed by atoms with Gasteiger partial charge in [-0.05, 0) is 0 Å². The van der Waals surface area contributed by atoms with Gasteiger partial charge in [0.05, 0.1) is 12.6 Å². The lowest BCUT2D eigenvalue weighted by atomic mass is 10.4. The second-order valence-corrected chi connectivity index (χ2v) is 1.23. The number of hydrogen-bond donors (Lipinski definition) is 1. The van der Waals surface area contributed by atoms with Gasteiger partial charge in [0, 0.05) is 7.11 Å². The third kappa shape index (κ3) is 3.31. The number of rotatable bonds is 2. The lowest BCUT2D eigenvalue weighted by molar-refractivity contribution is 0.194. The molecule has 0 bridgehead atoms. The molecule has 0 radical (unpaired) electrons. The number of terminal acetylenes is 1. The van der Waals surface area contributed by atoms with Crippen LogP contribution in [0.5, 0.6) is 0 Å². The van der Waals surface area contributed by atoms with Crippen molar-refractivity contribution in [1.82, 2.24) is 0 Å². The highest BCUT2D eigenvalue weighted by molar-refractivity contribution is 4.96. The van der Waals surface area contributed by atoms with Gasteiger partial charge in [0.1, 0.15) is 0 Å². The van der Waals surface area contributed by atoms with E-state index in [1.54, 1.807) is 7.11 Å². The third-order valence-corrected chi connectivity index (χ3v) is 0.560. The van der Waals surface area contributed by atoms with E-state index in [-0.39, 0.29) is 6.04 Å². The second kappa shape index (κ2) is 3.66. The minimum atomic E-state index is -0.245. The standard InChI is InChI=1S/C5H9NO/c1-3-5(6)4-7-2/h1,5H,4,6H2,2H3/t5-/m0/s1. The molecule has 0 unspecified atom stereocenters. The summed E-state index contributed by atoms with van der Waals surface area (Å²) >= 11 is 0. The van der Waals surface area contributed by atoms with Crippen molar-refractivity contribution in [1.29, 1.82) is 0 Å². The van der Waals surface area contributed by atoms with Gasteiger partial charge in [-0.1, -0.05) is 5.92 Å². The summed E-state index contributed by atoms with van der Waals surface area (Å²) in [5.41, 5.74) is 5.22. The van der Waals surface area contributed by atoms with Crippen LogP contribution in [0.3, 0.4) is 0 Å². The molecule has 40 valence electrons. The zero-order valence-electron chi connectivity index (χ0n) is 4.35. The molecule has 0 aromatic rings. The summed E-state index contributed by atoms with van der Waals surface area (Å²) < 4.78 is 4.63. The van der Waals surface area contributed by atoms with Gasteiger partial charge in [-0.25, -0.2) is 0 Å². The van der Waals surface area contributed by atoms with E-state index >= 15 is 0 Å². The Bertz CT molecular complexity index is 74.6. The topological polar surface area (TPSA) is 35.2 Å². The molecule has 7 heavy (non-hydrogen) atoms. The van der Waals surface area contributed by atoms with Gasteiger partial charge < -0.3 is 10.5 Å². The Morgan fingerprint density at radius 1 is 2.00 bits per heavy atom. The maximum Gasteiger partial charge on any atom is 0.0898 e. The van der Waals surface area contributed by atoms with Crippen molar-refractivity contribution >= 4 is 0 Å². The summed E-state index contributed by atoms with van der Waals surface area (Å²) in [7, 11) is 1.57. The van der Waals surface area contributed by atoms with Gasteiger partial charge >= 0.3 is 0 Å². The molecule has 2 N–H and O–H groups in total. The summed E-state index contributed by atoms with van der Waals surface area (Å²) in [4.78, 5) is 0. The van der Waals surface area contributed by atoms with Crippen LogP contribution in [-0.2, 0) is 4.74 Å². The Morgan fingerprint density at radius 2 is 2.57 bits per heavy atom. The van der Waals surface area contributed by atoms with Crippen LogP contribution >= 0.6 is 0 Å². The minimum absolute atomic E-state index is 0.245. The number of nitrogens with two attached hydrogens (primary N) is 1. The van der Waals surface area contributed by atoms with Gasteiger partial charge in [0.2, 0.25) is 0 Å². The molecule has 0 aliphatic carbocycles. The Morgan fingerprint density at radius 3 is 2.71 bits per heavy atom. The predicted octanol–water partition coefficient (Wildman–Crippen LogP) is -0.407. The van der Waals surface area contributed by atoms with E-state index in [0.717, 1.165) is 0 Å². The van der Waals surface area contributed by atoms with E-state index in [4.69, 9.17) is 12.2 Å². The van der Waals surface area contributed by atoms with Gasteiger partial charge in [-0.3, -0.25) is 0 Å². The number of hydrogen-bond acceptors (Lipinski definition) is 2. The first-order valence-corrected chi connectivity index (χ1v) is 2.02. The van der Waals surface area contributed by atoms with Crippen molar-refractivity contribution < 1.29 is 4.74 Å². The van der Waals surface area contributed by atoms with Crippen LogP contribution in [0.4, 0.5) is 0 Å². The van der Waals surface area contributed by atoms with E-state index in [2.05, 4.69) is 10.7 Å². The SMILES string of the molecule is C#C[C@H](N)COC. The average molecular weight is 99.1 g/mol. The Kier molecular flexibility index (Phi) is 3.39. The maximum atomic E-state index is 5.22. The van der Waals surface area contributed by atoms with Crippen molar-refractivity contribution in [3.8, 4) is 12.3 Å². The second-order valence-electron chi connectivity index (χ2n) is 1.23. The van der Waals surface area contributed by atoms with Crippen LogP contribution in [0.2, 0.25) is 0 Å². The Labute approximate surface area is 43.7 Å². The van der Waals surface area contributed by atoms with Crippen LogP contribution in [0.1, 0.15) is 0 Å². The largest absolute Gasteiger partial charge is 0.382 e. The van der Waals surface area contributed by atoms with Gasteiger partial charge in [0.25, 0.3) is 0 Å². The molecule has 0 spiro atoms. The number of ether oxygens (including phenoxy) is 1. The van der Waals surface area contributed by atoms with Crippen LogP contribution in [-0.4, -0.2) is 19.8 Å². The lowest BCUT2D eigenvalue weighted by Gasteiger charge is -1.98. The normalized spacial score (nSPS) is 12.7. The maximum absolute atomic E-state index is 5.22. The van der Waals surface area contributed by atoms with Gasteiger partial charge in [-0.15, -0.1) is 6.42 Å². The zero-order valence-corrected chi connectivity index (χ0v) is 4.35. The lowest BCUT2D eigenvalue weighted by Crippen LogP contribution is -2.22. The van der Waals surface area contributed by atoms with E-state index < -0.39 is 0 Å². The first kappa shape index (κ1) is 6.48. The molecule has 0 rings (SSSR count).